The maximum absolute atomic E-state index is 13.6. The summed E-state index contributed by atoms with van der Waals surface area (Å²) >= 11 is 0. The molecule has 0 bridgehead atoms. The Balaban J connectivity index is 1.72. The van der Waals surface area contributed by atoms with E-state index < -0.39 is 16.6 Å². The first-order valence-corrected chi connectivity index (χ1v) is 6.94. The summed E-state index contributed by atoms with van der Waals surface area (Å²) in [6.45, 7) is 2.45. The number of aromatic nitrogens is 1. The number of hydrogen-bond acceptors (Lipinski definition) is 6. The van der Waals surface area contributed by atoms with Crippen molar-refractivity contribution < 1.29 is 18.8 Å². The van der Waals surface area contributed by atoms with E-state index in [0.717, 1.165) is 12.8 Å². The van der Waals surface area contributed by atoms with Gasteiger partial charge in [0.2, 0.25) is 0 Å². The lowest BCUT2D eigenvalue weighted by molar-refractivity contribution is -0.387. The number of nitro groups is 1. The van der Waals surface area contributed by atoms with Gasteiger partial charge in [-0.3, -0.25) is 10.1 Å². The first-order chi connectivity index (χ1) is 10.2. The summed E-state index contributed by atoms with van der Waals surface area (Å²) in [4.78, 5) is 15.5. The average molecular weight is 297 g/mol. The van der Waals surface area contributed by atoms with E-state index in [2.05, 4.69) is 4.98 Å². The number of pyridine rings is 1. The maximum atomic E-state index is 13.6. The van der Waals surface area contributed by atoms with Crippen LogP contribution in [0.25, 0.3) is 0 Å². The Morgan fingerprint density at radius 2 is 2.00 bits per heavy atom. The van der Waals surface area contributed by atoms with Gasteiger partial charge in [0.15, 0.2) is 6.29 Å². The predicted octanol–water partition coefficient (Wildman–Crippen LogP) is 1.72. The molecule has 2 aliphatic heterocycles. The number of anilines is 1. The van der Waals surface area contributed by atoms with Gasteiger partial charge in [0, 0.05) is 25.2 Å². The molecule has 8 heteroatoms. The molecule has 0 aromatic carbocycles. The lowest BCUT2D eigenvalue weighted by atomic mass is 9.96. The van der Waals surface area contributed by atoms with Crippen molar-refractivity contribution in [2.45, 2.75) is 19.1 Å². The summed E-state index contributed by atoms with van der Waals surface area (Å²) in [6, 6.07) is 1.49. The Labute approximate surface area is 120 Å². The number of halogens is 1. The zero-order valence-electron chi connectivity index (χ0n) is 11.4. The van der Waals surface area contributed by atoms with Crippen LogP contribution < -0.4 is 4.90 Å². The highest BCUT2D eigenvalue weighted by Crippen LogP contribution is 2.34. The van der Waals surface area contributed by atoms with Crippen molar-refractivity contribution in [2.24, 2.45) is 5.92 Å². The van der Waals surface area contributed by atoms with Crippen molar-refractivity contribution in [1.82, 2.24) is 4.98 Å². The van der Waals surface area contributed by atoms with Gasteiger partial charge >= 0.3 is 5.69 Å². The van der Waals surface area contributed by atoms with Crippen LogP contribution in [0.3, 0.4) is 0 Å². The molecule has 0 aliphatic carbocycles. The van der Waals surface area contributed by atoms with Crippen LogP contribution in [0.15, 0.2) is 12.3 Å². The normalized spacial score (nSPS) is 20.9. The highest BCUT2D eigenvalue weighted by Gasteiger charge is 2.33. The molecule has 0 saturated carbocycles. The Hall–Kier alpha value is -1.80. The third-order valence-corrected chi connectivity index (χ3v) is 3.95. The van der Waals surface area contributed by atoms with E-state index in [-0.39, 0.29) is 12.2 Å². The Morgan fingerprint density at radius 3 is 2.62 bits per heavy atom. The molecule has 114 valence electrons. The van der Waals surface area contributed by atoms with Gasteiger partial charge in [0.25, 0.3) is 5.95 Å². The van der Waals surface area contributed by atoms with E-state index in [0.29, 0.717) is 32.0 Å². The van der Waals surface area contributed by atoms with E-state index in [1.54, 1.807) is 0 Å². The first-order valence-electron chi connectivity index (χ1n) is 6.94. The molecule has 2 fully saturated rings. The van der Waals surface area contributed by atoms with E-state index in [9.17, 15) is 14.5 Å². The fraction of sp³-hybridized carbons (Fsp3) is 0.615. The van der Waals surface area contributed by atoms with Crippen molar-refractivity contribution in [3.8, 4) is 0 Å². The number of hydrogen-bond donors (Lipinski definition) is 0. The van der Waals surface area contributed by atoms with Crippen LogP contribution in [-0.4, -0.2) is 42.5 Å². The molecule has 1 aromatic rings. The van der Waals surface area contributed by atoms with Crippen molar-refractivity contribution >= 4 is 11.4 Å². The van der Waals surface area contributed by atoms with Crippen LogP contribution in [0.5, 0.6) is 0 Å². The molecule has 3 heterocycles. The minimum absolute atomic E-state index is 0.170. The van der Waals surface area contributed by atoms with E-state index >= 15 is 0 Å². The molecule has 0 spiro atoms. The second kappa shape index (κ2) is 5.90. The van der Waals surface area contributed by atoms with Gasteiger partial charge in [-0.15, -0.1) is 0 Å². The number of rotatable bonds is 3. The molecular weight excluding hydrogens is 281 g/mol. The summed E-state index contributed by atoms with van der Waals surface area (Å²) in [5.74, 6) is -0.753. The summed E-state index contributed by atoms with van der Waals surface area (Å²) in [6.07, 6.45) is 2.68. The number of ether oxygens (including phenoxy) is 2. The lowest BCUT2D eigenvalue weighted by Gasteiger charge is -2.34. The first kappa shape index (κ1) is 14.2. The lowest BCUT2D eigenvalue weighted by Crippen LogP contribution is -2.38. The molecule has 3 rings (SSSR count). The third-order valence-electron chi connectivity index (χ3n) is 3.95. The van der Waals surface area contributed by atoms with Gasteiger partial charge in [-0.25, -0.2) is 4.98 Å². The summed E-state index contributed by atoms with van der Waals surface area (Å²) < 4.78 is 24.5. The second-order valence-corrected chi connectivity index (χ2v) is 5.16. The molecular formula is C13H16FN3O4. The number of piperidine rings is 1. The van der Waals surface area contributed by atoms with E-state index in [1.807, 2.05) is 4.90 Å². The zero-order chi connectivity index (χ0) is 14.8. The average Bonchev–Trinajstić information content (AvgIpc) is 3.01. The van der Waals surface area contributed by atoms with Gasteiger partial charge in [0.05, 0.1) is 18.1 Å². The van der Waals surface area contributed by atoms with Crippen LogP contribution in [-0.2, 0) is 9.47 Å². The fourth-order valence-corrected chi connectivity index (χ4v) is 2.90. The van der Waals surface area contributed by atoms with Crippen LogP contribution in [0.2, 0.25) is 0 Å². The molecule has 2 saturated heterocycles. The highest BCUT2D eigenvalue weighted by molar-refractivity contribution is 5.62. The SMILES string of the molecule is O=[N+]([O-])c1c(N2CCC(C3OCCO3)CC2)ccnc1F. The molecule has 0 atom stereocenters. The smallest absolute Gasteiger partial charge is 0.347 e. The van der Waals surface area contributed by atoms with Crippen LogP contribution in [0, 0.1) is 22.0 Å². The monoisotopic (exact) mass is 297 g/mol. The van der Waals surface area contributed by atoms with Crippen molar-refractivity contribution in [3.05, 3.63) is 28.3 Å². The van der Waals surface area contributed by atoms with Crippen LogP contribution >= 0.6 is 0 Å². The summed E-state index contributed by atoms with van der Waals surface area (Å²) in [5, 5.41) is 11.0. The Morgan fingerprint density at radius 1 is 1.33 bits per heavy atom. The van der Waals surface area contributed by atoms with E-state index in [4.69, 9.17) is 9.47 Å². The topological polar surface area (TPSA) is 77.7 Å². The van der Waals surface area contributed by atoms with Gasteiger partial charge < -0.3 is 14.4 Å². The quantitative estimate of drug-likeness (QED) is 0.480. The maximum Gasteiger partial charge on any atom is 0.347 e. The summed E-state index contributed by atoms with van der Waals surface area (Å²) in [5.41, 5.74) is -0.261. The Kier molecular flexibility index (Phi) is 3.98. The second-order valence-electron chi connectivity index (χ2n) is 5.16. The molecule has 1 aromatic heterocycles. The third kappa shape index (κ3) is 2.81. The molecule has 2 aliphatic rings. The standard InChI is InChI=1S/C13H16FN3O4/c14-12-11(17(18)19)10(1-4-15-12)16-5-2-9(3-6-16)13-20-7-8-21-13/h1,4,9,13H,2-3,5-8H2. The zero-order valence-corrected chi connectivity index (χ0v) is 11.4. The van der Waals surface area contributed by atoms with Crippen LogP contribution in [0.4, 0.5) is 15.8 Å². The predicted molar refractivity (Wildman–Crippen MR) is 71.5 cm³/mol. The van der Waals surface area contributed by atoms with Gasteiger partial charge in [-0.1, -0.05) is 0 Å². The summed E-state index contributed by atoms with van der Waals surface area (Å²) in [7, 11) is 0. The molecule has 0 radical (unpaired) electrons. The van der Waals surface area contributed by atoms with Crippen LogP contribution in [0.1, 0.15) is 12.8 Å². The number of nitrogens with zero attached hydrogens (tertiary/aromatic N) is 3. The molecule has 7 nitrogen and oxygen atoms in total. The minimum atomic E-state index is -1.04. The van der Waals surface area contributed by atoms with Gasteiger partial charge in [-0.05, 0) is 18.9 Å². The molecule has 0 N–H and O–H groups in total. The van der Waals surface area contributed by atoms with Crippen molar-refractivity contribution in [1.29, 1.82) is 0 Å². The Bertz CT molecular complexity index is 528. The van der Waals surface area contributed by atoms with Crippen molar-refractivity contribution in [3.63, 3.8) is 0 Å². The molecule has 0 unspecified atom stereocenters. The van der Waals surface area contributed by atoms with E-state index in [1.165, 1.54) is 12.3 Å². The van der Waals surface area contributed by atoms with Gasteiger partial charge in [0.1, 0.15) is 5.69 Å². The van der Waals surface area contributed by atoms with Gasteiger partial charge in [-0.2, -0.15) is 4.39 Å². The largest absolute Gasteiger partial charge is 0.366 e. The minimum Gasteiger partial charge on any atom is -0.366 e. The highest BCUT2D eigenvalue weighted by atomic mass is 19.1. The molecule has 0 amide bonds. The molecule has 21 heavy (non-hydrogen) atoms. The fourth-order valence-electron chi connectivity index (χ4n) is 2.90. The van der Waals surface area contributed by atoms with Crippen molar-refractivity contribution in [2.75, 3.05) is 31.2 Å².